The molecule has 2 rings (SSSR count). The maximum absolute atomic E-state index is 12.4. The number of hydrogen-bond acceptors (Lipinski definition) is 3. The minimum Gasteiger partial charge on any atom is -0.399 e. The van der Waals surface area contributed by atoms with Gasteiger partial charge in [0.2, 0.25) is 10.0 Å². The summed E-state index contributed by atoms with van der Waals surface area (Å²) in [6.07, 6.45) is 0.926. The van der Waals surface area contributed by atoms with E-state index in [9.17, 15) is 8.42 Å². The maximum Gasteiger partial charge on any atom is 0.243 e. The van der Waals surface area contributed by atoms with Gasteiger partial charge in [-0.25, -0.2) is 8.42 Å². The summed E-state index contributed by atoms with van der Waals surface area (Å²) in [6.45, 7) is 5.50. The van der Waals surface area contributed by atoms with Crippen LogP contribution in [0, 0.1) is 11.8 Å². The lowest BCUT2D eigenvalue weighted by Crippen LogP contribution is -2.42. The van der Waals surface area contributed by atoms with Crippen LogP contribution in [0.5, 0.6) is 0 Å². The van der Waals surface area contributed by atoms with Crippen molar-refractivity contribution in [1.29, 1.82) is 0 Å². The molecule has 0 saturated carbocycles. The predicted molar refractivity (Wildman–Crippen MR) is 72.6 cm³/mol. The van der Waals surface area contributed by atoms with Gasteiger partial charge in [-0.05, 0) is 42.5 Å². The van der Waals surface area contributed by atoms with Crippen LogP contribution in [0.2, 0.25) is 0 Å². The molecule has 4 nitrogen and oxygen atoms in total. The summed E-state index contributed by atoms with van der Waals surface area (Å²) in [5, 5.41) is 0. The summed E-state index contributed by atoms with van der Waals surface area (Å²) in [5.74, 6) is 0.991. The molecule has 0 spiro atoms. The van der Waals surface area contributed by atoms with E-state index in [0.29, 0.717) is 35.5 Å². The highest BCUT2D eigenvalue weighted by Crippen LogP contribution is 2.27. The Balaban J connectivity index is 2.24. The Hall–Kier alpha value is -1.07. The minimum absolute atomic E-state index is 0.332. The van der Waals surface area contributed by atoms with Crippen molar-refractivity contribution in [2.75, 3.05) is 18.8 Å². The first-order valence-electron chi connectivity index (χ1n) is 6.27. The number of nitrogens with zero attached hydrogens (tertiary/aromatic N) is 1. The Morgan fingerprint density at radius 1 is 1.17 bits per heavy atom. The van der Waals surface area contributed by atoms with Gasteiger partial charge in [0, 0.05) is 18.8 Å². The van der Waals surface area contributed by atoms with E-state index in [-0.39, 0.29) is 0 Å². The zero-order valence-electron chi connectivity index (χ0n) is 10.8. The molecule has 1 fully saturated rings. The molecule has 1 aliphatic heterocycles. The van der Waals surface area contributed by atoms with Crippen molar-refractivity contribution in [1.82, 2.24) is 4.31 Å². The average molecular weight is 268 g/mol. The van der Waals surface area contributed by atoms with Crippen LogP contribution >= 0.6 is 0 Å². The Morgan fingerprint density at radius 2 is 1.78 bits per heavy atom. The van der Waals surface area contributed by atoms with Crippen molar-refractivity contribution in [3.05, 3.63) is 24.3 Å². The molecule has 5 heteroatoms. The number of hydrogen-bond donors (Lipinski definition) is 1. The van der Waals surface area contributed by atoms with Gasteiger partial charge in [0.05, 0.1) is 4.90 Å². The van der Waals surface area contributed by atoms with Crippen LogP contribution in [0.25, 0.3) is 0 Å². The van der Waals surface area contributed by atoms with E-state index in [2.05, 4.69) is 13.8 Å². The van der Waals surface area contributed by atoms with Gasteiger partial charge in [-0.1, -0.05) is 13.8 Å². The molecular weight excluding hydrogens is 248 g/mol. The van der Waals surface area contributed by atoms with Crippen molar-refractivity contribution in [2.45, 2.75) is 25.2 Å². The molecule has 2 atom stereocenters. The number of nitrogen functional groups attached to an aromatic ring is 1. The molecule has 0 aliphatic carbocycles. The molecule has 0 radical (unpaired) electrons. The van der Waals surface area contributed by atoms with Crippen LogP contribution in [-0.2, 0) is 10.0 Å². The molecular formula is C13H20N2O2S. The topological polar surface area (TPSA) is 63.4 Å². The Morgan fingerprint density at radius 3 is 2.33 bits per heavy atom. The molecule has 100 valence electrons. The molecule has 1 aromatic rings. The Bertz CT molecular complexity index is 510. The van der Waals surface area contributed by atoms with E-state index in [4.69, 9.17) is 5.73 Å². The van der Waals surface area contributed by atoms with Gasteiger partial charge in [-0.15, -0.1) is 0 Å². The van der Waals surface area contributed by atoms with Gasteiger partial charge in [-0.3, -0.25) is 0 Å². The van der Waals surface area contributed by atoms with Gasteiger partial charge in [0.1, 0.15) is 0 Å². The second kappa shape index (κ2) is 4.90. The SMILES string of the molecule is CC1CCN(S(=O)(=O)c2ccc(N)cc2)CC1C. The van der Waals surface area contributed by atoms with Crippen LogP contribution in [0.1, 0.15) is 20.3 Å². The Labute approximate surface area is 109 Å². The molecule has 1 aliphatic rings. The van der Waals surface area contributed by atoms with E-state index in [1.54, 1.807) is 28.6 Å². The molecule has 0 bridgehead atoms. The molecule has 0 amide bonds. The molecule has 2 unspecified atom stereocenters. The second-order valence-corrected chi connectivity index (χ2v) is 7.11. The third-order valence-corrected chi connectivity index (χ3v) is 5.69. The Kier molecular flexibility index (Phi) is 3.64. The molecule has 1 saturated heterocycles. The first-order chi connectivity index (χ1) is 8.41. The normalized spacial score (nSPS) is 26.1. The van der Waals surface area contributed by atoms with E-state index < -0.39 is 10.0 Å². The zero-order chi connectivity index (χ0) is 13.3. The van der Waals surface area contributed by atoms with Crippen LogP contribution in [-0.4, -0.2) is 25.8 Å². The largest absolute Gasteiger partial charge is 0.399 e. The van der Waals surface area contributed by atoms with Crippen molar-refractivity contribution >= 4 is 15.7 Å². The minimum atomic E-state index is -3.36. The van der Waals surface area contributed by atoms with E-state index >= 15 is 0 Å². The first kappa shape index (κ1) is 13.4. The lowest BCUT2D eigenvalue weighted by Gasteiger charge is -2.34. The number of sulfonamides is 1. The number of anilines is 1. The average Bonchev–Trinajstić information content (AvgIpc) is 2.33. The van der Waals surface area contributed by atoms with E-state index in [0.717, 1.165) is 6.42 Å². The summed E-state index contributed by atoms with van der Waals surface area (Å²) in [5.41, 5.74) is 6.16. The highest BCUT2D eigenvalue weighted by atomic mass is 32.2. The molecule has 0 aromatic heterocycles. The van der Waals surface area contributed by atoms with Crippen LogP contribution < -0.4 is 5.73 Å². The van der Waals surface area contributed by atoms with Gasteiger partial charge < -0.3 is 5.73 Å². The molecule has 1 heterocycles. The molecule has 2 N–H and O–H groups in total. The monoisotopic (exact) mass is 268 g/mol. The number of nitrogens with two attached hydrogens (primary N) is 1. The summed E-state index contributed by atoms with van der Waals surface area (Å²) in [4.78, 5) is 0.332. The third-order valence-electron chi connectivity index (χ3n) is 3.81. The van der Waals surface area contributed by atoms with Gasteiger partial charge in [0.15, 0.2) is 0 Å². The fourth-order valence-electron chi connectivity index (χ4n) is 2.23. The van der Waals surface area contributed by atoms with Crippen LogP contribution in [0.3, 0.4) is 0 Å². The third kappa shape index (κ3) is 2.52. The summed E-state index contributed by atoms with van der Waals surface area (Å²) in [7, 11) is -3.36. The first-order valence-corrected chi connectivity index (χ1v) is 7.71. The van der Waals surface area contributed by atoms with Crippen LogP contribution in [0.15, 0.2) is 29.2 Å². The summed E-state index contributed by atoms with van der Waals surface area (Å²) < 4.78 is 26.5. The predicted octanol–water partition coefficient (Wildman–Crippen LogP) is 1.94. The van der Waals surface area contributed by atoms with E-state index in [1.165, 1.54) is 0 Å². The van der Waals surface area contributed by atoms with Crippen molar-refractivity contribution in [3.8, 4) is 0 Å². The van der Waals surface area contributed by atoms with E-state index in [1.807, 2.05) is 0 Å². The highest BCUT2D eigenvalue weighted by Gasteiger charge is 2.31. The summed E-state index contributed by atoms with van der Waals surface area (Å²) in [6, 6.07) is 6.41. The number of piperidine rings is 1. The van der Waals surface area contributed by atoms with Crippen molar-refractivity contribution in [2.24, 2.45) is 11.8 Å². The van der Waals surface area contributed by atoms with Gasteiger partial charge >= 0.3 is 0 Å². The lowest BCUT2D eigenvalue weighted by atomic mass is 9.90. The lowest BCUT2D eigenvalue weighted by molar-refractivity contribution is 0.212. The molecule has 18 heavy (non-hydrogen) atoms. The standard InChI is InChI=1S/C13H20N2O2S/c1-10-7-8-15(9-11(10)2)18(16,17)13-5-3-12(14)4-6-13/h3-6,10-11H,7-9,14H2,1-2H3. The fourth-order valence-corrected chi connectivity index (χ4v) is 3.79. The van der Waals surface area contributed by atoms with Crippen molar-refractivity contribution < 1.29 is 8.42 Å². The van der Waals surface area contributed by atoms with Gasteiger partial charge in [-0.2, -0.15) is 4.31 Å². The molecule has 1 aromatic carbocycles. The quantitative estimate of drug-likeness (QED) is 0.834. The number of benzene rings is 1. The van der Waals surface area contributed by atoms with Crippen LogP contribution in [0.4, 0.5) is 5.69 Å². The zero-order valence-corrected chi connectivity index (χ0v) is 11.7. The fraction of sp³-hybridized carbons (Fsp3) is 0.538. The van der Waals surface area contributed by atoms with Gasteiger partial charge in [0.25, 0.3) is 0 Å². The van der Waals surface area contributed by atoms with Crippen molar-refractivity contribution in [3.63, 3.8) is 0 Å². The number of rotatable bonds is 2. The summed E-state index contributed by atoms with van der Waals surface area (Å²) >= 11 is 0. The second-order valence-electron chi connectivity index (χ2n) is 5.18. The maximum atomic E-state index is 12.4. The smallest absolute Gasteiger partial charge is 0.243 e. The highest BCUT2D eigenvalue weighted by molar-refractivity contribution is 7.89.